The van der Waals surface area contributed by atoms with Gasteiger partial charge in [-0.1, -0.05) is 51.1 Å². The standard InChI is InChI=1S/C18H30N2/c1-4-20(17-12-10-16(19)11-13-17)18(14(2)3)15-8-6-5-7-9-15/h5-9,14,16-18H,4,10-13,19H2,1-3H3. The maximum Gasteiger partial charge on any atom is 0.0373 e. The molecule has 1 fully saturated rings. The maximum absolute atomic E-state index is 6.07. The Bertz CT molecular complexity index is 380. The molecule has 0 aromatic heterocycles. The van der Waals surface area contributed by atoms with Crippen molar-refractivity contribution in [3.8, 4) is 0 Å². The predicted molar refractivity (Wildman–Crippen MR) is 86.6 cm³/mol. The zero-order valence-corrected chi connectivity index (χ0v) is 13.3. The zero-order chi connectivity index (χ0) is 14.5. The van der Waals surface area contributed by atoms with Gasteiger partial charge < -0.3 is 5.73 Å². The minimum absolute atomic E-state index is 0.430. The average Bonchev–Trinajstić information content (AvgIpc) is 2.46. The highest BCUT2D eigenvalue weighted by atomic mass is 15.2. The molecule has 1 aliphatic rings. The molecule has 0 amide bonds. The number of benzene rings is 1. The molecule has 1 atom stereocenters. The molecule has 0 spiro atoms. The van der Waals surface area contributed by atoms with Gasteiger partial charge in [0, 0.05) is 18.1 Å². The third kappa shape index (κ3) is 3.62. The third-order valence-electron chi connectivity index (χ3n) is 4.71. The van der Waals surface area contributed by atoms with Crippen molar-refractivity contribution in [1.82, 2.24) is 4.90 Å². The van der Waals surface area contributed by atoms with Crippen molar-refractivity contribution in [3.05, 3.63) is 35.9 Å². The Labute approximate surface area is 124 Å². The van der Waals surface area contributed by atoms with Crippen molar-refractivity contribution in [1.29, 1.82) is 0 Å². The van der Waals surface area contributed by atoms with Crippen LogP contribution in [-0.4, -0.2) is 23.5 Å². The van der Waals surface area contributed by atoms with Crippen LogP contribution < -0.4 is 5.73 Å². The summed E-state index contributed by atoms with van der Waals surface area (Å²) in [6, 6.07) is 12.7. The molecule has 1 unspecified atom stereocenters. The lowest BCUT2D eigenvalue weighted by Gasteiger charge is -2.42. The zero-order valence-electron chi connectivity index (χ0n) is 13.3. The van der Waals surface area contributed by atoms with Crippen LogP contribution in [0.3, 0.4) is 0 Å². The van der Waals surface area contributed by atoms with E-state index in [1.165, 1.54) is 31.2 Å². The Morgan fingerprint density at radius 1 is 1.10 bits per heavy atom. The normalized spacial score (nSPS) is 25.1. The van der Waals surface area contributed by atoms with Gasteiger partial charge in [-0.3, -0.25) is 4.90 Å². The van der Waals surface area contributed by atoms with Crippen molar-refractivity contribution in [2.45, 2.75) is 64.6 Å². The van der Waals surface area contributed by atoms with Crippen LogP contribution in [0.2, 0.25) is 0 Å². The van der Waals surface area contributed by atoms with Crippen molar-refractivity contribution in [2.24, 2.45) is 11.7 Å². The minimum Gasteiger partial charge on any atom is -0.328 e. The largest absolute Gasteiger partial charge is 0.328 e. The fourth-order valence-electron chi connectivity index (χ4n) is 3.72. The fourth-order valence-corrected chi connectivity index (χ4v) is 3.72. The molecular formula is C18H30N2. The molecule has 1 aromatic rings. The first-order valence-corrected chi connectivity index (χ1v) is 8.19. The SMILES string of the molecule is CCN(C1CCC(N)CC1)C(c1ccccc1)C(C)C. The summed E-state index contributed by atoms with van der Waals surface area (Å²) in [5, 5.41) is 0. The van der Waals surface area contributed by atoms with E-state index in [-0.39, 0.29) is 0 Å². The van der Waals surface area contributed by atoms with Crippen molar-refractivity contribution in [2.75, 3.05) is 6.54 Å². The molecule has 1 saturated carbocycles. The summed E-state index contributed by atoms with van der Waals surface area (Å²) in [4.78, 5) is 2.71. The number of hydrogen-bond donors (Lipinski definition) is 1. The molecule has 2 N–H and O–H groups in total. The summed E-state index contributed by atoms with van der Waals surface area (Å²) in [5.41, 5.74) is 7.52. The second kappa shape index (κ2) is 7.24. The molecule has 2 heteroatoms. The summed E-state index contributed by atoms with van der Waals surface area (Å²) in [5.74, 6) is 0.632. The maximum atomic E-state index is 6.07. The molecule has 1 aliphatic carbocycles. The molecule has 2 rings (SSSR count). The van der Waals surface area contributed by atoms with E-state index in [0.717, 1.165) is 6.54 Å². The summed E-state index contributed by atoms with van der Waals surface area (Å²) in [7, 11) is 0. The molecule has 0 aliphatic heterocycles. The second-order valence-corrected chi connectivity index (χ2v) is 6.50. The average molecular weight is 274 g/mol. The van der Waals surface area contributed by atoms with Crippen LogP contribution in [0.1, 0.15) is 58.1 Å². The molecular weight excluding hydrogens is 244 g/mol. The quantitative estimate of drug-likeness (QED) is 0.880. The number of hydrogen-bond acceptors (Lipinski definition) is 2. The molecule has 1 aromatic carbocycles. The minimum atomic E-state index is 0.430. The van der Waals surface area contributed by atoms with Gasteiger partial charge in [-0.15, -0.1) is 0 Å². The Balaban J connectivity index is 2.18. The van der Waals surface area contributed by atoms with Crippen molar-refractivity contribution < 1.29 is 0 Å². The Kier molecular flexibility index (Phi) is 5.62. The first-order valence-electron chi connectivity index (χ1n) is 8.19. The van der Waals surface area contributed by atoms with Gasteiger partial charge in [-0.2, -0.15) is 0 Å². The highest BCUT2D eigenvalue weighted by molar-refractivity contribution is 5.20. The van der Waals surface area contributed by atoms with E-state index >= 15 is 0 Å². The van der Waals surface area contributed by atoms with Gasteiger partial charge in [0.25, 0.3) is 0 Å². The summed E-state index contributed by atoms with van der Waals surface area (Å²) < 4.78 is 0. The topological polar surface area (TPSA) is 29.3 Å². The molecule has 20 heavy (non-hydrogen) atoms. The number of rotatable bonds is 5. The second-order valence-electron chi connectivity index (χ2n) is 6.50. The van der Waals surface area contributed by atoms with E-state index in [9.17, 15) is 0 Å². The van der Waals surface area contributed by atoms with Gasteiger partial charge in [-0.25, -0.2) is 0 Å². The Morgan fingerprint density at radius 3 is 2.20 bits per heavy atom. The molecule has 0 saturated heterocycles. The van der Waals surface area contributed by atoms with Gasteiger partial charge in [-0.05, 0) is 43.7 Å². The Morgan fingerprint density at radius 2 is 1.70 bits per heavy atom. The van der Waals surface area contributed by atoms with Crippen LogP contribution in [0.15, 0.2) is 30.3 Å². The highest BCUT2D eigenvalue weighted by Gasteiger charge is 2.30. The molecule has 0 heterocycles. The van der Waals surface area contributed by atoms with E-state index in [1.807, 2.05) is 0 Å². The first-order chi connectivity index (χ1) is 9.63. The van der Waals surface area contributed by atoms with Gasteiger partial charge >= 0.3 is 0 Å². The lowest BCUT2D eigenvalue weighted by molar-refractivity contribution is 0.0798. The van der Waals surface area contributed by atoms with Crippen LogP contribution in [0.25, 0.3) is 0 Å². The van der Waals surface area contributed by atoms with Gasteiger partial charge in [0.2, 0.25) is 0 Å². The monoisotopic (exact) mass is 274 g/mol. The van der Waals surface area contributed by atoms with Crippen LogP contribution in [0.5, 0.6) is 0 Å². The Hall–Kier alpha value is -0.860. The van der Waals surface area contributed by atoms with E-state index in [2.05, 4.69) is 56.0 Å². The smallest absolute Gasteiger partial charge is 0.0373 e. The van der Waals surface area contributed by atoms with E-state index < -0.39 is 0 Å². The summed E-state index contributed by atoms with van der Waals surface area (Å²) in [6.45, 7) is 8.11. The van der Waals surface area contributed by atoms with E-state index in [4.69, 9.17) is 5.73 Å². The van der Waals surface area contributed by atoms with E-state index in [0.29, 0.717) is 24.0 Å². The van der Waals surface area contributed by atoms with Gasteiger partial charge in [0.15, 0.2) is 0 Å². The molecule has 112 valence electrons. The number of nitrogens with two attached hydrogens (primary N) is 1. The van der Waals surface area contributed by atoms with Crippen LogP contribution in [-0.2, 0) is 0 Å². The lowest BCUT2D eigenvalue weighted by Crippen LogP contribution is -2.44. The van der Waals surface area contributed by atoms with Crippen LogP contribution in [0.4, 0.5) is 0 Å². The number of nitrogens with zero attached hydrogens (tertiary/aromatic N) is 1. The summed E-state index contributed by atoms with van der Waals surface area (Å²) in [6.07, 6.45) is 4.87. The third-order valence-corrected chi connectivity index (χ3v) is 4.71. The van der Waals surface area contributed by atoms with E-state index in [1.54, 1.807) is 0 Å². The van der Waals surface area contributed by atoms with Gasteiger partial charge in [0.05, 0.1) is 0 Å². The van der Waals surface area contributed by atoms with Crippen LogP contribution in [0, 0.1) is 5.92 Å². The molecule has 0 radical (unpaired) electrons. The predicted octanol–water partition coefficient (Wildman–Crippen LogP) is 3.98. The summed E-state index contributed by atoms with van der Waals surface area (Å²) >= 11 is 0. The first kappa shape index (κ1) is 15.5. The molecule has 2 nitrogen and oxygen atoms in total. The van der Waals surface area contributed by atoms with Crippen molar-refractivity contribution in [3.63, 3.8) is 0 Å². The van der Waals surface area contributed by atoms with Crippen LogP contribution >= 0.6 is 0 Å². The highest BCUT2D eigenvalue weighted by Crippen LogP contribution is 2.34. The lowest BCUT2D eigenvalue weighted by atomic mass is 9.86. The van der Waals surface area contributed by atoms with Crippen molar-refractivity contribution >= 4 is 0 Å². The van der Waals surface area contributed by atoms with Gasteiger partial charge in [0.1, 0.15) is 0 Å². The molecule has 0 bridgehead atoms. The fraction of sp³-hybridized carbons (Fsp3) is 0.667.